The second kappa shape index (κ2) is 5.97. The Balaban J connectivity index is 1.56. The first kappa shape index (κ1) is 15.8. The van der Waals surface area contributed by atoms with Gasteiger partial charge in [0.2, 0.25) is 0 Å². The number of nitrogens with one attached hydrogen (secondary N) is 1. The molecule has 2 aliphatic rings. The van der Waals surface area contributed by atoms with Gasteiger partial charge < -0.3 is 15.0 Å². The SMILES string of the molecule is CC[C@@H]1OC2(CCN(c3ncnc4cc(Br)ccc34)CC2)NC1=O. The molecule has 24 heavy (non-hydrogen) atoms. The lowest BCUT2D eigenvalue weighted by atomic mass is 10.0. The normalized spacial score (nSPS) is 23.0. The van der Waals surface area contributed by atoms with Gasteiger partial charge in [-0.05, 0) is 24.6 Å². The average Bonchev–Trinajstić information content (AvgIpc) is 2.90. The second-order valence-electron chi connectivity index (χ2n) is 6.34. The lowest BCUT2D eigenvalue weighted by Crippen LogP contribution is -2.52. The lowest BCUT2D eigenvalue weighted by molar-refractivity contribution is -0.124. The molecule has 2 fully saturated rings. The first-order chi connectivity index (χ1) is 11.6. The van der Waals surface area contributed by atoms with E-state index in [4.69, 9.17) is 4.74 Å². The van der Waals surface area contributed by atoms with Crippen LogP contribution in [0.15, 0.2) is 29.0 Å². The topological polar surface area (TPSA) is 67.3 Å². The average molecular weight is 391 g/mol. The van der Waals surface area contributed by atoms with Crippen LogP contribution in [0.4, 0.5) is 5.82 Å². The molecule has 0 bridgehead atoms. The van der Waals surface area contributed by atoms with E-state index in [1.54, 1.807) is 6.33 Å². The van der Waals surface area contributed by atoms with E-state index >= 15 is 0 Å². The number of hydrogen-bond donors (Lipinski definition) is 1. The fourth-order valence-electron chi connectivity index (χ4n) is 3.52. The van der Waals surface area contributed by atoms with Crippen LogP contribution in [0.5, 0.6) is 0 Å². The maximum Gasteiger partial charge on any atom is 0.251 e. The number of carbonyl (C=O) groups excluding carboxylic acids is 1. The second-order valence-corrected chi connectivity index (χ2v) is 7.26. The van der Waals surface area contributed by atoms with Gasteiger partial charge in [-0.1, -0.05) is 22.9 Å². The molecule has 1 aromatic heterocycles. The summed E-state index contributed by atoms with van der Waals surface area (Å²) >= 11 is 3.48. The molecule has 0 radical (unpaired) electrons. The highest BCUT2D eigenvalue weighted by Gasteiger charge is 2.46. The van der Waals surface area contributed by atoms with Crippen LogP contribution in [0.2, 0.25) is 0 Å². The highest BCUT2D eigenvalue weighted by atomic mass is 79.9. The third-order valence-electron chi connectivity index (χ3n) is 4.83. The minimum absolute atomic E-state index is 0.0169. The van der Waals surface area contributed by atoms with Crippen LogP contribution in [0, 0.1) is 0 Å². The molecule has 1 aromatic carbocycles. The highest BCUT2D eigenvalue weighted by molar-refractivity contribution is 9.10. The van der Waals surface area contributed by atoms with E-state index in [0.717, 1.165) is 47.1 Å². The van der Waals surface area contributed by atoms with Crippen molar-refractivity contribution < 1.29 is 9.53 Å². The maximum atomic E-state index is 12.0. The van der Waals surface area contributed by atoms with Crippen LogP contribution in [-0.2, 0) is 9.53 Å². The van der Waals surface area contributed by atoms with E-state index in [2.05, 4.69) is 36.1 Å². The molecule has 2 aliphatic heterocycles. The molecular weight excluding hydrogens is 372 g/mol. The summed E-state index contributed by atoms with van der Waals surface area (Å²) in [6.07, 6.45) is 3.53. The number of ether oxygens (including phenoxy) is 1. The highest BCUT2D eigenvalue weighted by Crippen LogP contribution is 2.34. The van der Waals surface area contributed by atoms with Crippen LogP contribution in [0.25, 0.3) is 10.9 Å². The third kappa shape index (κ3) is 2.65. The van der Waals surface area contributed by atoms with Gasteiger partial charge >= 0.3 is 0 Å². The first-order valence-corrected chi connectivity index (χ1v) is 9.04. The van der Waals surface area contributed by atoms with Gasteiger partial charge in [-0.3, -0.25) is 4.79 Å². The van der Waals surface area contributed by atoms with Crippen molar-refractivity contribution in [2.45, 2.75) is 38.0 Å². The number of anilines is 1. The number of piperidine rings is 1. The molecule has 3 heterocycles. The van der Waals surface area contributed by atoms with Crippen LogP contribution >= 0.6 is 15.9 Å². The minimum atomic E-state index is -0.500. The monoisotopic (exact) mass is 390 g/mol. The van der Waals surface area contributed by atoms with Crippen molar-refractivity contribution in [2.24, 2.45) is 0 Å². The summed E-state index contributed by atoms with van der Waals surface area (Å²) < 4.78 is 7.02. The van der Waals surface area contributed by atoms with Crippen LogP contribution in [-0.4, -0.2) is 40.8 Å². The fourth-order valence-corrected chi connectivity index (χ4v) is 3.87. The molecule has 126 valence electrons. The molecule has 4 rings (SSSR count). The summed E-state index contributed by atoms with van der Waals surface area (Å²) in [5, 5.41) is 4.10. The molecule has 7 heteroatoms. The predicted molar refractivity (Wildman–Crippen MR) is 94.7 cm³/mol. The summed E-state index contributed by atoms with van der Waals surface area (Å²) in [5.74, 6) is 0.960. The van der Waals surface area contributed by atoms with Gasteiger partial charge in [-0.25, -0.2) is 9.97 Å². The van der Waals surface area contributed by atoms with Gasteiger partial charge in [0.25, 0.3) is 5.91 Å². The number of halogens is 1. The van der Waals surface area contributed by atoms with Crippen molar-refractivity contribution in [3.05, 3.63) is 29.0 Å². The Bertz CT molecular complexity index is 789. The molecular formula is C17H19BrN4O2. The Morgan fingerprint density at radius 2 is 2.17 bits per heavy atom. The zero-order chi connectivity index (χ0) is 16.7. The van der Waals surface area contributed by atoms with Gasteiger partial charge in [0, 0.05) is 35.8 Å². The van der Waals surface area contributed by atoms with Crippen LogP contribution in [0.1, 0.15) is 26.2 Å². The van der Waals surface area contributed by atoms with Crippen LogP contribution < -0.4 is 10.2 Å². The lowest BCUT2D eigenvalue weighted by Gasteiger charge is -2.39. The van der Waals surface area contributed by atoms with E-state index < -0.39 is 5.72 Å². The molecule has 0 saturated carbocycles. The molecule has 1 atom stereocenters. The van der Waals surface area contributed by atoms with Gasteiger partial charge in [-0.2, -0.15) is 0 Å². The summed E-state index contributed by atoms with van der Waals surface area (Å²) in [6, 6.07) is 6.05. The quantitative estimate of drug-likeness (QED) is 0.853. The Morgan fingerprint density at radius 3 is 2.88 bits per heavy atom. The number of aromatic nitrogens is 2. The molecule has 2 saturated heterocycles. The Kier molecular flexibility index (Phi) is 3.92. The smallest absolute Gasteiger partial charge is 0.251 e. The van der Waals surface area contributed by atoms with Gasteiger partial charge in [-0.15, -0.1) is 0 Å². The molecule has 0 aliphatic carbocycles. The number of hydrogen-bond acceptors (Lipinski definition) is 5. The molecule has 0 unspecified atom stereocenters. The van der Waals surface area contributed by atoms with Crippen molar-refractivity contribution in [2.75, 3.05) is 18.0 Å². The van der Waals surface area contributed by atoms with Crippen LogP contribution in [0.3, 0.4) is 0 Å². The Hall–Kier alpha value is -1.73. The van der Waals surface area contributed by atoms with Crippen molar-refractivity contribution in [3.8, 4) is 0 Å². The zero-order valence-corrected chi connectivity index (χ0v) is 15.0. The summed E-state index contributed by atoms with van der Waals surface area (Å²) in [7, 11) is 0. The van der Waals surface area contributed by atoms with Crippen molar-refractivity contribution in [1.82, 2.24) is 15.3 Å². The number of rotatable bonds is 2. The molecule has 1 spiro atoms. The summed E-state index contributed by atoms with van der Waals surface area (Å²) in [6.45, 7) is 3.56. The summed E-state index contributed by atoms with van der Waals surface area (Å²) in [4.78, 5) is 23.1. The minimum Gasteiger partial charge on any atom is -0.356 e. The number of carbonyl (C=O) groups is 1. The third-order valence-corrected chi connectivity index (χ3v) is 5.32. The Labute approximate surface area is 148 Å². The molecule has 2 aromatic rings. The predicted octanol–water partition coefficient (Wildman–Crippen LogP) is 2.61. The molecule has 6 nitrogen and oxygen atoms in total. The van der Waals surface area contributed by atoms with Crippen molar-refractivity contribution in [3.63, 3.8) is 0 Å². The van der Waals surface area contributed by atoms with E-state index in [0.29, 0.717) is 6.42 Å². The van der Waals surface area contributed by atoms with E-state index in [1.807, 2.05) is 25.1 Å². The van der Waals surface area contributed by atoms with Gasteiger partial charge in [0.05, 0.1) is 5.52 Å². The molecule has 1 N–H and O–H groups in total. The number of nitrogens with zero attached hydrogens (tertiary/aromatic N) is 3. The van der Waals surface area contributed by atoms with E-state index in [-0.39, 0.29) is 12.0 Å². The van der Waals surface area contributed by atoms with Crippen molar-refractivity contribution in [1.29, 1.82) is 0 Å². The van der Waals surface area contributed by atoms with Gasteiger partial charge in [0.15, 0.2) is 0 Å². The standard InChI is InChI=1S/C17H19BrN4O2/c1-2-14-16(23)21-17(24-14)5-7-22(8-6-17)15-12-4-3-11(18)9-13(12)19-10-20-15/h3-4,9-10,14H,2,5-8H2,1H3,(H,21,23)/t14-/m0/s1. The number of amides is 1. The van der Waals surface area contributed by atoms with Crippen molar-refractivity contribution >= 4 is 38.6 Å². The summed E-state index contributed by atoms with van der Waals surface area (Å²) in [5.41, 5.74) is 0.422. The largest absolute Gasteiger partial charge is 0.356 e. The number of fused-ring (bicyclic) bond motifs is 1. The zero-order valence-electron chi connectivity index (χ0n) is 13.5. The molecule has 1 amide bonds. The first-order valence-electron chi connectivity index (χ1n) is 8.25. The Morgan fingerprint density at radius 1 is 1.38 bits per heavy atom. The van der Waals surface area contributed by atoms with Gasteiger partial charge in [0.1, 0.15) is 24.0 Å². The fraction of sp³-hybridized carbons (Fsp3) is 0.471. The van der Waals surface area contributed by atoms with E-state index in [9.17, 15) is 4.79 Å². The number of benzene rings is 1. The maximum absolute atomic E-state index is 12.0. The van der Waals surface area contributed by atoms with E-state index in [1.165, 1.54) is 0 Å².